The maximum Gasteiger partial charge on any atom is 0.329 e. The minimum Gasteiger partial charge on any atom is -0.318 e. The van der Waals surface area contributed by atoms with Gasteiger partial charge in [0.1, 0.15) is 0 Å². The molecule has 0 bridgehead atoms. The minimum atomic E-state index is -0.868. The maximum absolute atomic E-state index is 12.1. The Morgan fingerprint density at radius 2 is 1.50 bits per heavy atom. The molecule has 0 saturated heterocycles. The van der Waals surface area contributed by atoms with E-state index in [-0.39, 0.29) is 0 Å². The van der Waals surface area contributed by atoms with Crippen molar-refractivity contribution in [2.75, 3.05) is 5.32 Å². The SMILES string of the molecule is Cc1ccc(NC(=O)C(=O)N/N=C\c2c3ccccc3cc3ccccc23)cc1Cl. The Morgan fingerprint density at radius 1 is 0.867 bits per heavy atom. The third kappa shape index (κ3) is 4.02. The third-order valence-electron chi connectivity index (χ3n) is 4.81. The first-order valence-corrected chi connectivity index (χ1v) is 9.72. The second kappa shape index (κ2) is 8.35. The summed E-state index contributed by atoms with van der Waals surface area (Å²) in [7, 11) is 0. The van der Waals surface area contributed by atoms with Crippen LogP contribution in [-0.2, 0) is 9.59 Å². The zero-order valence-corrected chi connectivity index (χ0v) is 16.9. The molecule has 6 heteroatoms. The number of fused-ring (bicyclic) bond motifs is 2. The Morgan fingerprint density at radius 3 is 2.13 bits per heavy atom. The van der Waals surface area contributed by atoms with E-state index in [1.54, 1.807) is 24.4 Å². The Hall–Kier alpha value is -3.70. The van der Waals surface area contributed by atoms with Gasteiger partial charge in [-0.25, -0.2) is 5.43 Å². The van der Waals surface area contributed by atoms with Crippen LogP contribution in [-0.4, -0.2) is 18.0 Å². The van der Waals surface area contributed by atoms with Crippen molar-refractivity contribution in [2.24, 2.45) is 5.10 Å². The number of hydrazone groups is 1. The number of amides is 2. The molecule has 0 heterocycles. The lowest BCUT2D eigenvalue weighted by molar-refractivity contribution is -0.136. The number of anilines is 1. The van der Waals surface area contributed by atoms with Gasteiger partial charge in [0.25, 0.3) is 0 Å². The van der Waals surface area contributed by atoms with Gasteiger partial charge < -0.3 is 5.32 Å². The topological polar surface area (TPSA) is 70.6 Å². The second-order valence-corrected chi connectivity index (χ2v) is 7.26. The molecule has 2 amide bonds. The first-order valence-electron chi connectivity index (χ1n) is 9.34. The van der Waals surface area contributed by atoms with Crippen molar-refractivity contribution in [3.63, 3.8) is 0 Å². The molecule has 0 aliphatic carbocycles. The molecule has 0 saturated carbocycles. The second-order valence-electron chi connectivity index (χ2n) is 6.85. The Kier molecular flexibility index (Phi) is 5.46. The fraction of sp³-hybridized carbons (Fsp3) is 0.0417. The van der Waals surface area contributed by atoms with Crippen LogP contribution in [0.1, 0.15) is 11.1 Å². The van der Waals surface area contributed by atoms with Gasteiger partial charge in [-0.1, -0.05) is 66.2 Å². The van der Waals surface area contributed by atoms with E-state index in [1.165, 1.54) is 0 Å². The van der Waals surface area contributed by atoms with Crippen molar-refractivity contribution in [2.45, 2.75) is 6.92 Å². The van der Waals surface area contributed by atoms with Crippen molar-refractivity contribution in [1.29, 1.82) is 0 Å². The lowest BCUT2D eigenvalue weighted by Crippen LogP contribution is -2.32. The molecule has 5 nitrogen and oxygen atoms in total. The van der Waals surface area contributed by atoms with Gasteiger partial charge in [-0.3, -0.25) is 9.59 Å². The number of nitrogens with one attached hydrogen (secondary N) is 2. The number of hydrogen-bond donors (Lipinski definition) is 2. The highest BCUT2D eigenvalue weighted by Gasteiger charge is 2.13. The number of benzene rings is 4. The van der Waals surface area contributed by atoms with Gasteiger partial charge in [0.2, 0.25) is 0 Å². The Bertz CT molecular complexity index is 1260. The minimum absolute atomic E-state index is 0.440. The summed E-state index contributed by atoms with van der Waals surface area (Å²) >= 11 is 6.05. The summed E-state index contributed by atoms with van der Waals surface area (Å²) < 4.78 is 0. The highest BCUT2D eigenvalue weighted by atomic mass is 35.5. The van der Waals surface area contributed by atoms with Crippen LogP contribution >= 0.6 is 11.6 Å². The lowest BCUT2D eigenvalue weighted by atomic mass is 9.97. The first kappa shape index (κ1) is 19.6. The Labute approximate surface area is 178 Å². The number of carbonyl (C=O) groups is 2. The number of aryl methyl sites for hydroxylation is 1. The fourth-order valence-electron chi connectivity index (χ4n) is 3.25. The van der Waals surface area contributed by atoms with Crippen LogP contribution < -0.4 is 10.7 Å². The van der Waals surface area contributed by atoms with E-state index in [9.17, 15) is 9.59 Å². The molecule has 0 radical (unpaired) electrons. The normalized spacial score (nSPS) is 11.1. The predicted octanol–water partition coefficient (Wildman–Crippen LogP) is 5.04. The lowest BCUT2D eigenvalue weighted by Gasteiger charge is -2.08. The zero-order valence-electron chi connectivity index (χ0n) is 16.1. The molecule has 0 unspecified atom stereocenters. The average Bonchev–Trinajstić information content (AvgIpc) is 2.75. The number of nitrogens with zero attached hydrogens (tertiary/aromatic N) is 1. The predicted molar refractivity (Wildman–Crippen MR) is 122 cm³/mol. The highest BCUT2D eigenvalue weighted by Crippen LogP contribution is 2.27. The van der Waals surface area contributed by atoms with Crippen molar-refractivity contribution < 1.29 is 9.59 Å². The molecular weight excluding hydrogens is 398 g/mol. The van der Waals surface area contributed by atoms with Gasteiger partial charge in [0.15, 0.2) is 0 Å². The zero-order chi connectivity index (χ0) is 21.1. The molecule has 4 aromatic carbocycles. The molecule has 148 valence electrons. The van der Waals surface area contributed by atoms with Crippen LogP contribution in [0.3, 0.4) is 0 Å². The van der Waals surface area contributed by atoms with Crippen LogP contribution in [0.2, 0.25) is 5.02 Å². The molecule has 0 spiro atoms. The summed E-state index contributed by atoms with van der Waals surface area (Å²) in [5.74, 6) is -1.69. The van der Waals surface area contributed by atoms with E-state index in [0.29, 0.717) is 10.7 Å². The molecule has 0 aliphatic heterocycles. The van der Waals surface area contributed by atoms with E-state index in [0.717, 1.165) is 32.7 Å². The number of rotatable bonds is 3. The van der Waals surface area contributed by atoms with Crippen molar-refractivity contribution >= 4 is 56.9 Å². The van der Waals surface area contributed by atoms with Gasteiger partial charge >= 0.3 is 11.8 Å². The average molecular weight is 416 g/mol. The molecule has 0 fully saturated rings. The van der Waals surface area contributed by atoms with E-state index in [2.05, 4.69) is 21.9 Å². The maximum atomic E-state index is 12.1. The fourth-order valence-corrected chi connectivity index (χ4v) is 3.43. The molecule has 0 atom stereocenters. The molecule has 4 aromatic rings. The first-order chi connectivity index (χ1) is 14.5. The summed E-state index contributed by atoms with van der Waals surface area (Å²) in [6.07, 6.45) is 1.57. The third-order valence-corrected chi connectivity index (χ3v) is 5.22. The Balaban J connectivity index is 1.55. The van der Waals surface area contributed by atoms with Crippen molar-refractivity contribution in [1.82, 2.24) is 5.43 Å². The number of carbonyl (C=O) groups excluding carboxylic acids is 2. The largest absolute Gasteiger partial charge is 0.329 e. The number of hydrogen-bond acceptors (Lipinski definition) is 3. The van der Waals surface area contributed by atoms with E-state index in [4.69, 9.17) is 11.6 Å². The van der Waals surface area contributed by atoms with Crippen molar-refractivity contribution in [3.8, 4) is 0 Å². The summed E-state index contributed by atoms with van der Waals surface area (Å²) in [5.41, 5.74) is 4.48. The van der Waals surface area contributed by atoms with Gasteiger partial charge in [0, 0.05) is 16.3 Å². The van der Waals surface area contributed by atoms with Crippen LogP contribution in [0.4, 0.5) is 5.69 Å². The van der Waals surface area contributed by atoms with E-state index in [1.807, 2.05) is 55.5 Å². The highest BCUT2D eigenvalue weighted by molar-refractivity contribution is 6.40. The monoisotopic (exact) mass is 415 g/mol. The molecule has 4 rings (SSSR count). The van der Waals surface area contributed by atoms with Gasteiger partial charge in [-0.05, 0) is 52.2 Å². The molecule has 30 heavy (non-hydrogen) atoms. The number of halogens is 1. The molecule has 2 N–H and O–H groups in total. The molecule has 0 aliphatic rings. The molecular formula is C24H18ClN3O2. The van der Waals surface area contributed by atoms with Crippen molar-refractivity contribution in [3.05, 3.63) is 88.9 Å². The van der Waals surface area contributed by atoms with Gasteiger partial charge in [0.05, 0.1) is 6.21 Å². The summed E-state index contributed by atoms with van der Waals surface area (Å²) in [4.78, 5) is 24.3. The van der Waals surface area contributed by atoms with Crippen LogP contribution in [0.15, 0.2) is 77.9 Å². The van der Waals surface area contributed by atoms with Crippen LogP contribution in [0.25, 0.3) is 21.5 Å². The standard InChI is InChI=1S/C24H18ClN3O2/c1-15-10-11-18(13-22(15)25)27-23(29)24(30)28-26-14-21-19-8-4-2-6-16(19)12-17-7-3-5-9-20(17)21/h2-14H,1H3,(H,27,29)(H,28,30)/b26-14-. The smallest absolute Gasteiger partial charge is 0.318 e. The van der Waals surface area contributed by atoms with Gasteiger partial charge in [-0.15, -0.1) is 0 Å². The summed E-state index contributed by atoms with van der Waals surface area (Å²) in [6.45, 7) is 1.85. The molecule has 0 aromatic heterocycles. The van der Waals surface area contributed by atoms with E-state index < -0.39 is 11.8 Å². The van der Waals surface area contributed by atoms with Crippen LogP contribution in [0.5, 0.6) is 0 Å². The van der Waals surface area contributed by atoms with Crippen LogP contribution in [0, 0.1) is 6.92 Å². The quantitative estimate of drug-likeness (QED) is 0.213. The van der Waals surface area contributed by atoms with E-state index >= 15 is 0 Å². The summed E-state index contributed by atoms with van der Waals surface area (Å²) in [5, 5.41) is 11.2. The summed E-state index contributed by atoms with van der Waals surface area (Å²) in [6, 6.07) is 23.0. The van der Waals surface area contributed by atoms with Gasteiger partial charge in [-0.2, -0.15) is 5.10 Å².